The van der Waals surface area contributed by atoms with Crippen molar-refractivity contribution in [1.29, 1.82) is 0 Å². The number of rotatable bonds is 4. The zero-order chi connectivity index (χ0) is 16.5. The first kappa shape index (κ1) is 15.4. The monoisotopic (exact) mass is 326 g/mol. The van der Waals surface area contributed by atoms with Crippen molar-refractivity contribution >= 4 is 21.4 Å². The number of hydrogen-bond acceptors (Lipinski definition) is 6. The molecular formula is C11H10N4O6S. The van der Waals surface area contributed by atoms with Gasteiger partial charge in [-0.2, -0.15) is 0 Å². The molecule has 1 aromatic heterocycles. The lowest BCUT2D eigenvalue weighted by atomic mass is 10.2. The first-order valence-electron chi connectivity index (χ1n) is 5.81. The van der Waals surface area contributed by atoms with Gasteiger partial charge in [0, 0.05) is 12.3 Å². The van der Waals surface area contributed by atoms with Crippen molar-refractivity contribution in [1.82, 2.24) is 9.97 Å². The Morgan fingerprint density at radius 3 is 2.55 bits per heavy atom. The number of sulfonamides is 1. The van der Waals surface area contributed by atoms with Gasteiger partial charge in [-0.3, -0.25) is 24.6 Å². The van der Waals surface area contributed by atoms with Gasteiger partial charge in [-0.15, -0.1) is 0 Å². The van der Waals surface area contributed by atoms with Crippen molar-refractivity contribution in [3.8, 4) is 0 Å². The molecule has 0 aliphatic carbocycles. The molecule has 3 N–H and O–H groups in total. The van der Waals surface area contributed by atoms with E-state index in [4.69, 9.17) is 0 Å². The van der Waals surface area contributed by atoms with Crippen LogP contribution in [0.15, 0.2) is 38.9 Å². The number of H-pyrrole nitrogens is 2. The van der Waals surface area contributed by atoms with Crippen LogP contribution >= 0.6 is 0 Å². The smallest absolute Gasteiger partial charge is 0.313 e. The van der Waals surface area contributed by atoms with Crippen LogP contribution in [-0.2, 0) is 10.0 Å². The van der Waals surface area contributed by atoms with Gasteiger partial charge in [0.15, 0.2) is 4.90 Å². The summed E-state index contributed by atoms with van der Waals surface area (Å²) < 4.78 is 26.4. The molecule has 0 amide bonds. The highest BCUT2D eigenvalue weighted by Crippen LogP contribution is 2.26. The highest BCUT2D eigenvalue weighted by molar-refractivity contribution is 7.92. The molecule has 0 aliphatic rings. The fourth-order valence-corrected chi connectivity index (χ4v) is 2.86. The van der Waals surface area contributed by atoms with E-state index in [1.165, 1.54) is 25.1 Å². The maximum atomic E-state index is 12.1. The Morgan fingerprint density at radius 2 is 1.95 bits per heavy atom. The molecule has 0 fully saturated rings. The first-order valence-corrected chi connectivity index (χ1v) is 7.29. The predicted molar refractivity (Wildman–Crippen MR) is 76.3 cm³/mol. The van der Waals surface area contributed by atoms with Crippen LogP contribution in [0.25, 0.3) is 0 Å². The topological polar surface area (TPSA) is 155 Å². The molecule has 10 nitrogen and oxygen atoms in total. The molecule has 0 atom stereocenters. The number of benzene rings is 1. The van der Waals surface area contributed by atoms with E-state index in [1.54, 1.807) is 4.98 Å². The molecule has 0 unspecified atom stereocenters. The summed E-state index contributed by atoms with van der Waals surface area (Å²) in [4.78, 5) is 35.7. The average Bonchev–Trinajstić information content (AvgIpc) is 2.40. The minimum Gasteiger partial charge on any atom is -0.313 e. The van der Waals surface area contributed by atoms with Crippen molar-refractivity contribution in [3.63, 3.8) is 0 Å². The zero-order valence-corrected chi connectivity index (χ0v) is 11.9. The minimum absolute atomic E-state index is 0.0419. The van der Waals surface area contributed by atoms with Crippen molar-refractivity contribution in [3.05, 3.63) is 60.9 Å². The van der Waals surface area contributed by atoms with Crippen molar-refractivity contribution in [2.24, 2.45) is 0 Å². The Morgan fingerprint density at radius 1 is 1.27 bits per heavy atom. The van der Waals surface area contributed by atoms with E-state index in [0.717, 1.165) is 6.20 Å². The molecule has 1 aromatic carbocycles. The number of aromatic amines is 2. The molecule has 22 heavy (non-hydrogen) atoms. The van der Waals surface area contributed by atoms with Crippen LogP contribution in [0.4, 0.5) is 11.4 Å². The second-order valence-corrected chi connectivity index (χ2v) is 5.90. The van der Waals surface area contributed by atoms with E-state index >= 15 is 0 Å². The minimum atomic E-state index is -4.31. The third-order valence-corrected chi connectivity index (χ3v) is 4.19. The Kier molecular flexibility index (Phi) is 3.82. The van der Waals surface area contributed by atoms with Crippen molar-refractivity contribution < 1.29 is 13.3 Å². The van der Waals surface area contributed by atoms with Crippen LogP contribution in [-0.4, -0.2) is 23.3 Å². The Hall–Kier alpha value is -2.95. The van der Waals surface area contributed by atoms with Gasteiger partial charge >= 0.3 is 5.69 Å². The highest BCUT2D eigenvalue weighted by Gasteiger charge is 2.22. The van der Waals surface area contributed by atoms with Crippen LogP contribution in [0.3, 0.4) is 0 Å². The number of nitro groups is 1. The second kappa shape index (κ2) is 5.44. The zero-order valence-electron chi connectivity index (χ0n) is 11.1. The average molecular weight is 326 g/mol. The largest absolute Gasteiger partial charge is 0.325 e. The number of aromatic nitrogens is 2. The lowest BCUT2D eigenvalue weighted by Crippen LogP contribution is -2.29. The SMILES string of the molecule is Cc1c(NS(=O)(=O)c2c[nH]c(=O)[nH]c2=O)cccc1[N+](=O)[O-]. The van der Waals surface area contributed by atoms with Gasteiger partial charge in [-0.25, -0.2) is 13.2 Å². The predicted octanol–water partition coefficient (Wildman–Crippen LogP) is 0.0806. The summed E-state index contributed by atoms with van der Waals surface area (Å²) >= 11 is 0. The van der Waals surface area contributed by atoms with Crippen LogP contribution in [0.1, 0.15) is 5.56 Å². The summed E-state index contributed by atoms with van der Waals surface area (Å²) in [7, 11) is -4.31. The number of hydrogen-bond donors (Lipinski definition) is 3. The lowest BCUT2D eigenvalue weighted by molar-refractivity contribution is -0.385. The molecule has 0 saturated carbocycles. The summed E-state index contributed by atoms with van der Waals surface area (Å²) in [5.74, 6) is 0. The molecule has 0 bridgehead atoms. The molecule has 116 valence electrons. The molecule has 2 aromatic rings. The molecule has 0 spiro atoms. The highest BCUT2D eigenvalue weighted by atomic mass is 32.2. The van der Waals surface area contributed by atoms with Gasteiger partial charge in [0.1, 0.15) is 0 Å². The molecule has 0 saturated heterocycles. The molecule has 0 aliphatic heterocycles. The van der Waals surface area contributed by atoms with E-state index in [9.17, 15) is 28.1 Å². The third kappa shape index (κ3) is 2.88. The van der Waals surface area contributed by atoms with E-state index in [-0.39, 0.29) is 16.9 Å². The van der Waals surface area contributed by atoms with Crippen LogP contribution in [0, 0.1) is 17.0 Å². The van der Waals surface area contributed by atoms with Gasteiger partial charge < -0.3 is 4.98 Å². The molecule has 0 radical (unpaired) electrons. The number of nitrogens with one attached hydrogen (secondary N) is 3. The Bertz CT molecular complexity index is 959. The standard InChI is InChI=1S/C11H10N4O6S/c1-6-7(3-2-4-8(6)15(18)19)14-22(20,21)9-5-12-11(17)13-10(9)16/h2-5,14H,1H3,(H2,12,13,16,17). The van der Waals surface area contributed by atoms with Gasteiger partial charge in [0.05, 0.1) is 16.2 Å². The summed E-state index contributed by atoms with van der Waals surface area (Å²) in [5, 5.41) is 10.8. The number of nitro benzene ring substituents is 1. The fraction of sp³-hybridized carbons (Fsp3) is 0.0909. The van der Waals surface area contributed by atoms with Crippen molar-refractivity contribution in [2.45, 2.75) is 11.8 Å². The molecular weight excluding hydrogens is 316 g/mol. The van der Waals surface area contributed by atoms with E-state index < -0.39 is 31.1 Å². The Labute approximate surface area is 123 Å². The molecule has 2 rings (SSSR count). The van der Waals surface area contributed by atoms with Crippen LogP contribution < -0.4 is 16.0 Å². The van der Waals surface area contributed by atoms with Crippen LogP contribution in [0.2, 0.25) is 0 Å². The first-order chi connectivity index (χ1) is 10.2. The van der Waals surface area contributed by atoms with Gasteiger partial charge in [0.25, 0.3) is 21.3 Å². The van der Waals surface area contributed by atoms with Crippen molar-refractivity contribution in [2.75, 3.05) is 4.72 Å². The summed E-state index contributed by atoms with van der Waals surface area (Å²) in [6.07, 6.45) is 0.746. The fourth-order valence-electron chi connectivity index (χ4n) is 1.73. The maximum absolute atomic E-state index is 12.1. The Balaban J connectivity index is 2.50. The summed E-state index contributed by atoms with van der Waals surface area (Å²) in [6, 6.07) is 3.85. The summed E-state index contributed by atoms with van der Waals surface area (Å²) in [6.45, 7) is 1.37. The third-order valence-electron chi connectivity index (χ3n) is 2.82. The van der Waals surface area contributed by atoms with Gasteiger partial charge in [-0.05, 0) is 13.0 Å². The lowest BCUT2D eigenvalue weighted by Gasteiger charge is -2.09. The maximum Gasteiger partial charge on any atom is 0.325 e. The van der Waals surface area contributed by atoms with Gasteiger partial charge in [0.2, 0.25) is 0 Å². The van der Waals surface area contributed by atoms with E-state index in [1.807, 2.05) is 4.98 Å². The second-order valence-electron chi connectivity index (χ2n) is 4.25. The quantitative estimate of drug-likeness (QED) is 0.533. The summed E-state index contributed by atoms with van der Waals surface area (Å²) in [5.41, 5.74) is -2.16. The van der Waals surface area contributed by atoms with Gasteiger partial charge in [-0.1, -0.05) is 6.07 Å². The molecule has 1 heterocycles. The number of nitrogens with zero attached hydrogens (tertiary/aromatic N) is 1. The molecule has 11 heteroatoms. The normalized spacial score (nSPS) is 11.1. The van der Waals surface area contributed by atoms with Crippen LogP contribution in [0.5, 0.6) is 0 Å². The van der Waals surface area contributed by atoms with E-state index in [0.29, 0.717) is 0 Å². The number of anilines is 1. The van der Waals surface area contributed by atoms with E-state index in [2.05, 4.69) is 4.72 Å².